The number of thiocarbonyl (C=S) groups is 1. The first kappa shape index (κ1) is 21.3. The highest BCUT2D eigenvalue weighted by molar-refractivity contribution is 8.26. The average Bonchev–Trinajstić information content (AvgIpc) is 3.16. The van der Waals surface area contributed by atoms with E-state index in [0.29, 0.717) is 31.7 Å². The minimum Gasteiger partial charge on any atom is -0.325 e. The summed E-state index contributed by atoms with van der Waals surface area (Å²) in [4.78, 5) is 42.3. The summed E-state index contributed by atoms with van der Waals surface area (Å²) in [5.41, 5.74) is 3.30. The van der Waals surface area contributed by atoms with Crippen molar-refractivity contribution in [3.05, 3.63) is 64.6 Å². The Morgan fingerprint density at radius 2 is 1.74 bits per heavy atom. The fourth-order valence-electron chi connectivity index (χ4n) is 3.61. The molecule has 0 saturated carbocycles. The lowest BCUT2D eigenvalue weighted by atomic mass is 10.1. The van der Waals surface area contributed by atoms with Gasteiger partial charge in [-0.05, 0) is 39.0 Å². The van der Waals surface area contributed by atoms with Crippen molar-refractivity contribution < 1.29 is 14.4 Å². The first-order valence-electron chi connectivity index (χ1n) is 9.85. The number of hydrogen-bond acceptors (Lipinski definition) is 5. The van der Waals surface area contributed by atoms with E-state index < -0.39 is 0 Å². The van der Waals surface area contributed by atoms with Crippen LogP contribution >= 0.6 is 24.0 Å². The average molecular weight is 452 g/mol. The van der Waals surface area contributed by atoms with Gasteiger partial charge in [0.2, 0.25) is 5.91 Å². The largest absolute Gasteiger partial charge is 0.325 e. The highest BCUT2D eigenvalue weighted by Crippen LogP contribution is 2.44. The molecule has 158 valence electrons. The molecule has 6 nitrogen and oxygen atoms in total. The van der Waals surface area contributed by atoms with Crippen LogP contribution in [-0.4, -0.2) is 39.5 Å². The number of hydrogen-bond donors (Lipinski definition) is 1. The fraction of sp³-hybridized carbons (Fsp3) is 0.217. The standard InChI is InChI=1S/C23H21N3O3S2/c1-13(2)26-22(29)20(31-23(26)30)19-16-6-4-5-7-17(16)25(21(19)28)12-18(27)24-15-10-8-14(3)9-11-15/h4-11,13H,12H2,1-3H3,(H,24,27). The van der Waals surface area contributed by atoms with Crippen LogP contribution in [0.25, 0.3) is 5.57 Å². The number of amides is 3. The molecule has 0 aliphatic carbocycles. The van der Waals surface area contributed by atoms with Crippen molar-refractivity contribution in [2.24, 2.45) is 0 Å². The molecule has 2 heterocycles. The number of fused-ring (bicyclic) bond motifs is 1. The van der Waals surface area contributed by atoms with E-state index in [-0.39, 0.29) is 30.3 Å². The molecule has 31 heavy (non-hydrogen) atoms. The third kappa shape index (κ3) is 3.88. The monoisotopic (exact) mass is 451 g/mol. The van der Waals surface area contributed by atoms with Crippen molar-refractivity contribution in [3.8, 4) is 0 Å². The Labute approximate surface area is 190 Å². The summed E-state index contributed by atoms with van der Waals surface area (Å²) in [5.74, 6) is -0.957. The number of para-hydroxylation sites is 1. The summed E-state index contributed by atoms with van der Waals surface area (Å²) in [6.07, 6.45) is 0. The highest BCUT2D eigenvalue weighted by atomic mass is 32.2. The van der Waals surface area contributed by atoms with Gasteiger partial charge in [-0.25, -0.2) is 0 Å². The van der Waals surface area contributed by atoms with E-state index >= 15 is 0 Å². The van der Waals surface area contributed by atoms with Gasteiger partial charge in [-0.1, -0.05) is 59.9 Å². The Morgan fingerprint density at radius 3 is 2.39 bits per heavy atom. The lowest BCUT2D eigenvalue weighted by Gasteiger charge is -2.18. The first-order valence-corrected chi connectivity index (χ1v) is 11.1. The second-order valence-electron chi connectivity index (χ2n) is 7.66. The lowest BCUT2D eigenvalue weighted by Crippen LogP contribution is -2.36. The Hall–Kier alpha value is -2.97. The molecule has 1 fully saturated rings. The number of benzene rings is 2. The predicted molar refractivity (Wildman–Crippen MR) is 128 cm³/mol. The minimum absolute atomic E-state index is 0.103. The predicted octanol–water partition coefficient (Wildman–Crippen LogP) is 3.96. The van der Waals surface area contributed by atoms with Gasteiger partial charge in [-0.3, -0.25) is 24.2 Å². The van der Waals surface area contributed by atoms with E-state index in [1.807, 2.05) is 51.1 Å². The molecule has 0 radical (unpaired) electrons. The van der Waals surface area contributed by atoms with Gasteiger partial charge in [0.05, 0.1) is 16.2 Å². The maximum Gasteiger partial charge on any atom is 0.267 e. The van der Waals surface area contributed by atoms with Crippen LogP contribution in [0, 0.1) is 6.92 Å². The van der Waals surface area contributed by atoms with Gasteiger partial charge in [0, 0.05) is 17.3 Å². The molecule has 0 unspecified atom stereocenters. The topological polar surface area (TPSA) is 69.7 Å². The summed E-state index contributed by atoms with van der Waals surface area (Å²) in [6, 6.07) is 14.5. The van der Waals surface area contributed by atoms with E-state index in [0.717, 1.165) is 17.3 Å². The summed E-state index contributed by atoms with van der Waals surface area (Å²) in [6.45, 7) is 5.57. The zero-order valence-electron chi connectivity index (χ0n) is 17.3. The molecule has 8 heteroatoms. The number of nitrogens with one attached hydrogen (secondary N) is 1. The first-order chi connectivity index (χ1) is 14.8. The van der Waals surface area contributed by atoms with Crippen LogP contribution in [0.1, 0.15) is 25.0 Å². The van der Waals surface area contributed by atoms with Gasteiger partial charge in [0.1, 0.15) is 10.9 Å². The van der Waals surface area contributed by atoms with Gasteiger partial charge in [-0.2, -0.15) is 0 Å². The molecule has 0 atom stereocenters. The Balaban J connectivity index is 1.65. The Bertz CT molecular complexity index is 1140. The van der Waals surface area contributed by atoms with Crippen molar-refractivity contribution in [3.63, 3.8) is 0 Å². The van der Waals surface area contributed by atoms with Crippen molar-refractivity contribution in [1.82, 2.24) is 4.90 Å². The maximum atomic E-state index is 13.4. The molecule has 2 aromatic carbocycles. The number of carbonyl (C=O) groups is 3. The second-order valence-corrected chi connectivity index (χ2v) is 9.31. The summed E-state index contributed by atoms with van der Waals surface area (Å²) in [7, 11) is 0. The second kappa shape index (κ2) is 8.28. The van der Waals surface area contributed by atoms with Crippen molar-refractivity contribution in [2.75, 3.05) is 16.8 Å². The molecule has 2 aliphatic heterocycles. The van der Waals surface area contributed by atoms with Gasteiger partial charge < -0.3 is 5.32 Å². The molecule has 1 saturated heterocycles. The molecule has 0 spiro atoms. The third-order valence-corrected chi connectivity index (χ3v) is 6.50. The Kier molecular flexibility index (Phi) is 5.68. The zero-order chi connectivity index (χ0) is 22.3. The van der Waals surface area contributed by atoms with Crippen molar-refractivity contribution >= 4 is 63.0 Å². The number of anilines is 2. The summed E-state index contributed by atoms with van der Waals surface area (Å²) < 4.78 is 0.434. The zero-order valence-corrected chi connectivity index (χ0v) is 19.0. The van der Waals surface area contributed by atoms with E-state index in [1.165, 1.54) is 9.80 Å². The number of nitrogens with zero attached hydrogens (tertiary/aromatic N) is 2. The smallest absolute Gasteiger partial charge is 0.267 e. The molecule has 3 amide bonds. The van der Waals surface area contributed by atoms with E-state index in [9.17, 15) is 14.4 Å². The van der Waals surface area contributed by atoms with Crippen LogP contribution in [0.5, 0.6) is 0 Å². The van der Waals surface area contributed by atoms with Crippen molar-refractivity contribution in [2.45, 2.75) is 26.8 Å². The van der Waals surface area contributed by atoms with Gasteiger partial charge in [-0.15, -0.1) is 0 Å². The molecule has 0 aromatic heterocycles. The molecular formula is C23H21N3O3S2. The molecule has 1 N–H and O–H groups in total. The van der Waals surface area contributed by atoms with E-state index in [2.05, 4.69) is 5.32 Å². The van der Waals surface area contributed by atoms with Crippen LogP contribution in [0.3, 0.4) is 0 Å². The fourth-order valence-corrected chi connectivity index (χ4v) is 5.21. The molecular weight excluding hydrogens is 430 g/mol. The van der Waals surface area contributed by atoms with E-state index in [4.69, 9.17) is 12.2 Å². The van der Waals surface area contributed by atoms with Crippen LogP contribution < -0.4 is 10.2 Å². The van der Waals surface area contributed by atoms with Crippen LogP contribution in [0.15, 0.2) is 53.4 Å². The van der Waals surface area contributed by atoms with Crippen molar-refractivity contribution in [1.29, 1.82) is 0 Å². The normalized spacial score (nSPS) is 18.3. The number of aryl methyl sites for hydroxylation is 1. The molecule has 4 rings (SSSR count). The number of carbonyl (C=O) groups excluding carboxylic acids is 3. The van der Waals surface area contributed by atoms with Crippen LogP contribution in [0.2, 0.25) is 0 Å². The van der Waals surface area contributed by atoms with E-state index in [1.54, 1.807) is 18.2 Å². The number of thioether (sulfide) groups is 1. The maximum absolute atomic E-state index is 13.4. The van der Waals surface area contributed by atoms with Crippen LogP contribution in [0.4, 0.5) is 11.4 Å². The molecule has 2 aliphatic rings. The summed E-state index contributed by atoms with van der Waals surface area (Å²) in [5, 5.41) is 2.82. The SMILES string of the molecule is Cc1ccc(NC(=O)CN2C(=O)C(=C3SC(=S)N(C(C)C)C3=O)c3ccccc32)cc1. The lowest BCUT2D eigenvalue weighted by molar-refractivity contribution is -0.123. The molecule has 2 aromatic rings. The highest BCUT2D eigenvalue weighted by Gasteiger charge is 2.43. The molecule has 0 bridgehead atoms. The minimum atomic E-state index is -0.371. The summed E-state index contributed by atoms with van der Waals surface area (Å²) >= 11 is 6.51. The third-order valence-electron chi connectivity index (χ3n) is 5.10. The Morgan fingerprint density at radius 1 is 1.06 bits per heavy atom. The quantitative estimate of drug-likeness (QED) is 0.563. The number of rotatable bonds is 4. The van der Waals surface area contributed by atoms with Gasteiger partial charge in [0.15, 0.2) is 0 Å². The van der Waals surface area contributed by atoms with Gasteiger partial charge in [0.25, 0.3) is 11.8 Å². The van der Waals surface area contributed by atoms with Crippen LogP contribution in [-0.2, 0) is 14.4 Å². The van der Waals surface area contributed by atoms with Gasteiger partial charge >= 0.3 is 0 Å².